The molecule has 0 atom stereocenters. The Labute approximate surface area is 197 Å². The fourth-order valence-electron chi connectivity index (χ4n) is 3.69. The molecule has 1 N–H and O–H groups in total. The Morgan fingerprint density at radius 3 is 2.88 bits per heavy atom. The summed E-state index contributed by atoms with van der Waals surface area (Å²) in [6.45, 7) is 2.21. The number of furan rings is 1. The molecule has 0 radical (unpaired) electrons. The Hall–Kier alpha value is -3.37. The average molecular weight is 481 g/mol. The SMILES string of the molecule is CCc1cc2c(=O)n(Cc3ccco3)c(SCC(=O)N3CC(=O)Nc4ccccc43)nc2s1. The quantitative estimate of drug-likeness (QED) is 0.334. The van der Waals surface area contributed by atoms with E-state index in [2.05, 4.69) is 5.32 Å². The van der Waals surface area contributed by atoms with Gasteiger partial charge in [-0.1, -0.05) is 30.8 Å². The maximum absolute atomic E-state index is 13.3. The molecule has 10 heteroatoms. The summed E-state index contributed by atoms with van der Waals surface area (Å²) < 4.78 is 6.99. The van der Waals surface area contributed by atoms with Crippen molar-refractivity contribution in [2.45, 2.75) is 25.0 Å². The number of benzene rings is 1. The van der Waals surface area contributed by atoms with Gasteiger partial charge in [0.1, 0.15) is 17.1 Å². The average Bonchev–Trinajstić information content (AvgIpc) is 3.48. The summed E-state index contributed by atoms with van der Waals surface area (Å²) in [6.07, 6.45) is 2.37. The van der Waals surface area contributed by atoms with Crippen molar-refractivity contribution < 1.29 is 14.0 Å². The van der Waals surface area contributed by atoms with E-state index in [0.717, 1.165) is 11.3 Å². The molecule has 1 aliphatic rings. The van der Waals surface area contributed by atoms with E-state index in [0.29, 0.717) is 32.5 Å². The number of rotatable bonds is 6. The van der Waals surface area contributed by atoms with Gasteiger partial charge in [0.15, 0.2) is 5.16 Å². The number of anilines is 2. The second-order valence-corrected chi connectivity index (χ2v) is 9.54. The van der Waals surface area contributed by atoms with E-state index >= 15 is 0 Å². The van der Waals surface area contributed by atoms with Gasteiger partial charge in [0.2, 0.25) is 11.8 Å². The summed E-state index contributed by atoms with van der Waals surface area (Å²) in [5.41, 5.74) is 1.10. The largest absolute Gasteiger partial charge is 0.467 e. The topological polar surface area (TPSA) is 97.4 Å². The molecule has 168 valence electrons. The van der Waals surface area contributed by atoms with Gasteiger partial charge >= 0.3 is 0 Å². The van der Waals surface area contributed by atoms with Crippen molar-refractivity contribution in [3.63, 3.8) is 0 Å². The van der Waals surface area contributed by atoms with E-state index < -0.39 is 0 Å². The number of thiophene rings is 1. The van der Waals surface area contributed by atoms with Crippen LogP contribution in [0.1, 0.15) is 17.6 Å². The van der Waals surface area contributed by atoms with Gasteiger partial charge in [-0.15, -0.1) is 11.3 Å². The minimum Gasteiger partial charge on any atom is -0.467 e. The van der Waals surface area contributed by atoms with Gasteiger partial charge in [-0.25, -0.2) is 4.98 Å². The zero-order valence-electron chi connectivity index (χ0n) is 17.7. The van der Waals surface area contributed by atoms with E-state index in [-0.39, 0.29) is 36.2 Å². The molecule has 4 aromatic rings. The molecule has 2 amide bonds. The molecule has 1 aromatic carbocycles. The van der Waals surface area contributed by atoms with E-state index in [9.17, 15) is 14.4 Å². The van der Waals surface area contributed by atoms with Crippen LogP contribution in [-0.4, -0.2) is 33.7 Å². The van der Waals surface area contributed by atoms with Crippen molar-refractivity contribution >= 4 is 56.5 Å². The Kier molecular flexibility index (Phi) is 5.77. The highest BCUT2D eigenvalue weighted by molar-refractivity contribution is 7.99. The summed E-state index contributed by atoms with van der Waals surface area (Å²) in [5, 5.41) is 3.79. The maximum Gasteiger partial charge on any atom is 0.263 e. The summed E-state index contributed by atoms with van der Waals surface area (Å²) >= 11 is 2.67. The third-order valence-electron chi connectivity index (χ3n) is 5.31. The molecule has 8 nitrogen and oxygen atoms in total. The molecule has 0 fully saturated rings. The number of nitrogens with zero attached hydrogens (tertiary/aromatic N) is 3. The highest BCUT2D eigenvalue weighted by Crippen LogP contribution is 2.30. The predicted molar refractivity (Wildman–Crippen MR) is 129 cm³/mol. The van der Waals surface area contributed by atoms with E-state index in [1.165, 1.54) is 28.0 Å². The number of aryl methyl sites for hydroxylation is 1. The number of amides is 2. The number of hydrogen-bond acceptors (Lipinski definition) is 7. The molecule has 3 aromatic heterocycles. The van der Waals surface area contributed by atoms with Crippen molar-refractivity contribution in [3.8, 4) is 0 Å². The zero-order chi connectivity index (χ0) is 22.9. The third kappa shape index (κ3) is 4.19. The van der Waals surface area contributed by atoms with Crippen LogP contribution in [0.5, 0.6) is 0 Å². The number of hydrogen-bond donors (Lipinski definition) is 1. The first-order valence-corrected chi connectivity index (χ1v) is 12.2. The number of nitrogens with one attached hydrogen (secondary N) is 1. The van der Waals surface area contributed by atoms with Crippen LogP contribution in [0.3, 0.4) is 0 Å². The van der Waals surface area contributed by atoms with Gasteiger partial charge in [0, 0.05) is 4.88 Å². The zero-order valence-corrected chi connectivity index (χ0v) is 19.4. The van der Waals surface area contributed by atoms with Crippen molar-refractivity contribution in [1.29, 1.82) is 0 Å². The second-order valence-electron chi connectivity index (χ2n) is 7.48. The lowest BCUT2D eigenvalue weighted by Crippen LogP contribution is -2.43. The van der Waals surface area contributed by atoms with Gasteiger partial charge in [-0.2, -0.15) is 0 Å². The third-order valence-corrected chi connectivity index (χ3v) is 7.44. The number of thioether (sulfide) groups is 1. The van der Waals surface area contributed by atoms with E-state index in [1.807, 2.05) is 19.1 Å². The first-order chi connectivity index (χ1) is 16.0. The molecular weight excluding hydrogens is 460 g/mol. The summed E-state index contributed by atoms with van der Waals surface area (Å²) in [5.74, 6) is 0.177. The van der Waals surface area contributed by atoms with Crippen LogP contribution < -0.4 is 15.8 Å². The number of aromatic nitrogens is 2. The smallest absolute Gasteiger partial charge is 0.263 e. The number of carbonyl (C=O) groups excluding carboxylic acids is 2. The van der Waals surface area contributed by atoms with Crippen LogP contribution in [0.15, 0.2) is 63.1 Å². The lowest BCUT2D eigenvalue weighted by molar-refractivity contribution is -0.120. The van der Waals surface area contributed by atoms with Crippen LogP contribution >= 0.6 is 23.1 Å². The van der Waals surface area contributed by atoms with Crippen molar-refractivity contribution in [2.24, 2.45) is 0 Å². The molecule has 1 aliphatic heterocycles. The maximum atomic E-state index is 13.3. The number of fused-ring (bicyclic) bond motifs is 2. The summed E-state index contributed by atoms with van der Waals surface area (Å²) in [4.78, 5) is 46.4. The minimum absolute atomic E-state index is 0.0315. The molecule has 0 bridgehead atoms. The number of carbonyl (C=O) groups is 2. The lowest BCUT2D eigenvalue weighted by atomic mass is 10.2. The van der Waals surface area contributed by atoms with Crippen LogP contribution in [-0.2, 0) is 22.6 Å². The van der Waals surface area contributed by atoms with Gasteiger partial charge in [-0.3, -0.25) is 19.0 Å². The summed E-state index contributed by atoms with van der Waals surface area (Å²) in [6, 6.07) is 12.6. The van der Waals surface area contributed by atoms with Crippen LogP contribution in [0.25, 0.3) is 10.2 Å². The molecule has 33 heavy (non-hydrogen) atoms. The minimum atomic E-state index is -0.244. The van der Waals surface area contributed by atoms with Crippen LogP contribution in [0.2, 0.25) is 0 Å². The Balaban J connectivity index is 1.46. The molecule has 0 saturated carbocycles. The first kappa shape index (κ1) is 21.5. The van der Waals surface area contributed by atoms with E-state index in [1.54, 1.807) is 41.2 Å². The molecule has 0 unspecified atom stereocenters. The van der Waals surface area contributed by atoms with Crippen molar-refractivity contribution in [3.05, 3.63) is 69.7 Å². The standard InChI is InChI=1S/C23H20N4O4S2/c1-2-15-10-16-21(33-15)25-23(27(22(16)30)11-14-6-5-9-31-14)32-13-20(29)26-12-19(28)24-17-7-3-4-8-18(17)26/h3-10H,2,11-13H2,1H3,(H,24,28). The van der Waals surface area contributed by atoms with Gasteiger partial charge < -0.3 is 14.6 Å². The first-order valence-electron chi connectivity index (χ1n) is 10.4. The molecule has 0 aliphatic carbocycles. The normalized spacial score (nSPS) is 13.2. The molecular formula is C23H20N4O4S2. The van der Waals surface area contributed by atoms with Gasteiger partial charge in [-0.05, 0) is 36.8 Å². The van der Waals surface area contributed by atoms with Crippen molar-refractivity contribution in [2.75, 3.05) is 22.5 Å². The molecule has 5 rings (SSSR count). The molecule has 0 saturated heterocycles. The Bertz CT molecular complexity index is 1410. The Morgan fingerprint density at radius 1 is 1.24 bits per heavy atom. The monoisotopic (exact) mass is 480 g/mol. The fourth-order valence-corrected chi connectivity index (χ4v) is 5.57. The lowest BCUT2D eigenvalue weighted by Gasteiger charge is -2.29. The van der Waals surface area contributed by atoms with Crippen molar-refractivity contribution in [1.82, 2.24) is 9.55 Å². The fraction of sp³-hybridized carbons (Fsp3) is 0.217. The summed E-state index contributed by atoms with van der Waals surface area (Å²) in [7, 11) is 0. The second kappa shape index (κ2) is 8.87. The predicted octanol–water partition coefficient (Wildman–Crippen LogP) is 3.74. The Morgan fingerprint density at radius 2 is 2.09 bits per heavy atom. The van der Waals surface area contributed by atoms with Gasteiger partial charge in [0.05, 0.1) is 35.3 Å². The molecule has 4 heterocycles. The van der Waals surface area contributed by atoms with Crippen LogP contribution in [0, 0.1) is 0 Å². The number of para-hydroxylation sites is 2. The molecule has 0 spiro atoms. The highest BCUT2D eigenvalue weighted by atomic mass is 32.2. The van der Waals surface area contributed by atoms with Gasteiger partial charge in [0.25, 0.3) is 5.56 Å². The highest BCUT2D eigenvalue weighted by Gasteiger charge is 2.27. The van der Waals surface area contributed by atoms with Crippen LogP contribution in [0.4, 0.5) is 11.4 Å². The van der Waals surface area contributed by atoms with E-state index in [4.69, 9.17) is 9.40 Å².